The second-order valence-electron chi connectivity index (χ2n) is 20.1. The number of nitrogens with one attached hydrogen (secondary N) is 2. The number of likely N-dealkylation sites (N-methyl/N-ethyl adjacent to an activating group) is 1. The SMILES string of the molecule is CCN1CCN(Cc2ccc(COc3cccc4c3CN(C3CCC(=O)NC3=O)C4=O)c(CCCCN3CCN(Cc4ccc(COc5cccc6c5CN(C5CCC(=O)NC5=O)C6=O)cc4)CC3=O)c2)CC1=O. The molecule has 4 aromatic carbocycles. The van der Waals surface area contributed by atoms with E-state index >= 15 is 0 Å². The van der Waals surface area contributed by atoms with E-state index < -0.39 is 23.9 Å². The summed E-state index contributed by atoms with van der Waals surface area (Å²) in [5, 5.41) is 4.71. The van der Waals surface area contributed by atoms with Gasteiger partial charge < -0.3 is 29.1 Å². The Morgan fingerprint density at radius 3 is 1.62 bits per heavy atom. The Morgan fingerprint density at radius 1 is 0.541 bits per heavy atom. The predicted octanol–water partition coefficient (Wildman–Crippen LogP) is 3.70. The van der Waals surface area contributed by atoms with Crippen LogP contribution in [0.25, 0.3) is 0 Å². The van der Waals surface area contributed by atoms with E-state index in [2.05, 4.69) is 38.6 Å². The van der Waals surface area contributed by atoms with E-state index in [0.717, 1.165) is 71.3 Å². The molecule has 0 radical (unpaired) electrons. The van der Waals surface area contributed by atoms with Gasteiger partial charge >= 0.3 is 0 Å². The summed E-state index contributed by atoms with van der Waals surface area (Å²) >= 11 is 0. The average molecular weight is 1010 g/mol. The first-order valence-corrected chi connectivity index (χ1v) is 25.9. The highest BCUT2D eigenvalue weighted by atomic mass is 16.5. The molecule has 18 nitrogen and oxygen atoms in total. The van der Waals surface area contributed by atoms with Crippen molar-refractivity contribution in [1.29, 1.82) is 0 Å². The van der Waals surface area contributed by atoms with Crippen molar-refractivity contribution in [2.75, 3.05) is 52.4 Å². The van der Waals surface area contributed by atoms with Gasteiger partial charge in [0.2, 0.25) is 35.4 Å². The van der Waals surface area contributed by atoms with Crippen molar-refractivity contribution in [2.24, 2.45) is 0 Å². The lowest BCUT2D eigenvalue weighted by atomic mass is 9.98. The molecule has 2 N–H and O–H groups in total. The molecule has 4 aromatic rings. The first kappa shape index (κ1) is 50.1. The Balaban J connectivity index is 0.712. The van der Waals surface area contributed by atoms with Gasteiger partial charge in [-0.05, 0) is 91.1 Å². The maximum absolute atomic E-state index is 13.5. The number of fused-ring (bicyclic) bond motifs is 2. The number of hydrogen-bond acceptors (Lipinski definition) is 12. The quantitative estimate of drug-likeness (QED) is 0.109. The molecule has 74 heavy (non-hydrogen) atoms. The predicted molar refractivity (Wildman–Crippen MR) is 269 cm³/mol. The highest BCUT2D eigenvalue weighted by molar-refractivity contribution is 6.06. The van der Waals surface area contributed by atoms with E-state index in [1.165, 1.54) is 9.80 Å². The van der Waals surface area contributed by atoms with E-state index in [1.807, 2.05) is 53.1 Å². The van der Waals surface area contributed by atoms with E-state index in [0.29, 0.717) is 81.4 Å². The molecule has 0 aliphatic carbocycles. The molecule has 6 aliphatic rings. The van der Waals surface area contributed by atoms with Crippen molar-refractivity contribution in [3.8, 4) is 11.5 Å². The van der Waals surface area contributed by atoms with Gasteiger partial charge in [0.1, 0.15) is 36.8 Å². The number of amides is 8. The summed E-state index contributed by atoms with van der Waals surface area (Å²) < 4.78 is 12.7. The van der Waals surface area contributed by atoms with Crippen LogP contribution in [0, 0.1) is 0 Å². The Morgan fingerprint density at radius 2 is 1.07 bits per heavy atom. The number of hydrogen-bond donors (Lipinski definition) is 2. The minimum Gasteiger partial charge on any atom is -0.489 e. The fourth-order valence-corrected chi connectivity index (χ4v) is 11.1. The topological polar surface area (TPSA) is 199 Å². The zero-order chi connectivity index (χ0) is 51.5. The maximum Gasteiger partial charge on any atom is 0.255 e. The van der Waals surface area contributed by atoms with Gasteiger partial charge in [0.25, 0.3) is 11.8 Å². The van der Waals surface area contributed by atoms with Crippen LogP contribution in [0.15, 0.2) is 78.9 Å². The summed E-state index contributed by atoms with van der Waals surface area (Å²) in [5.41, 5.74) is 7.71. The summed E-state index contributed by atoms with van der Waals surface area (Å²) in [4.78, 5) is 113. The molecule has 6 aliphatic heterocycles. The van der Waals surface area contributed by atoms with Crippen LogP contribution in [-0.2, 0) is 74.6 Å². The third kappa shape index (κ3) is 10.9. The Kier molecular flexibility index (Phi) is 14.9. The van der Waals surface area contributed by atoms with Crippen LogP contribution in [0.3, 0.4) is 0 Å². The first-order valence-electron chi connectivity index (χ1n) is 25.9. The summed E-state index contributed by atoms with van der Waals surface area (Å²) in [7, 11) is 0. The van der Waals surface area contributed by atoms with Gasteiger partial charge in [-0.2, -0.15) is 0 Å². The summed E-state index contributed by atoms with van der Waals surface area (Å²) in [6.07, 6.45) is 3.36. The van der Waals surface area contributed by atoms with Crippen molar-refractivity contribution in [1.82, 2.24) is 40.0 Å². The highest BCUT2D eigenvalue weighted by Crippen LogP contribution is 2.36. The van der Waals surface area contributed by atoms with Crippen LogP contribution in [0.1, 0.15) is 105 Å². The molecule has 386 valence electrons. The number of aryl methyl sites for hydroxylation is 1. The number of piperidine rings is 2. The second kappa shape index (κ2) is 22.0. The van der Waals surface area contributed by atoms with Crippen LogP contribution in [0.5, 0.6) is 11.5 Å². The zero-order valence-electron chi connectivity index (χ0n) is 41.8. The van der Waals surface area contributed by atoms with Crippen LogP contribution in [0.4, 0.5) is 0 Å². The molecule has 0 saturated carbocycles. The lowest BCUT2D eigenvalue weighted by Gasteiger charge is -2.34. The van der Waals surface area contributed by atoms with Crippen LogP contribution in [-0.4, -0.2) is 141 Å². The standard InChI is InChI=1S/C56H62N8O10/c1-2-61-25-23-60(32-51(61)67)29-38-16-17-40(35-74-48-11-6-9-42-44(48)31-64(56(42)72)46-19-21-50(66)58-54(46)70)39(27-38)7-3-4-22-62-26-24-59(33-52(62)68)28-36-12-14-37(15-13-36)34-73-47-10-5-8-41-43(47)30-63(55(41)71)45-18-20-49(65)57-53(45)69/h5-6,8-17,27,45-46H,2-4,7,18-26,28-35H2,1H3,(H,57,65,69)(H,58,66,70). The summed E-state index contributed by atoms with van der Waals surface area (Å²) in [6, 6.07) is 23.8. The number of imide groups is 2. The van der Waals surface area contributed by atoms with Crippen molar-refractivity contribution >= 4 is 47.3 Å². The van der Waals surface area contributed by atoms with Gasteiger partial charge in [-0.25, -0.2) is 0 Å². The number of unbranched alkanes of at least 4 members (excludes halogenated alkanes) is 1. The Labute approximate surface area is 429 Å². The smallest absolute Gasteiger partial charge is 0.255 e. The summed E-state index contributed by atoms with van der Waals surface area (Å²) in [6.45, 7) is 9.24. The third-order valence-corrected chi connectivity index (χ3v) is 15.3. The molecule has 0 aromatic heterocycles. The molecule has 4 saturated heterocycles. The number of carbonyl (C=O) groups excluding carboxylic acids is 8. The normalized spacial score (nSPS) is 20.6. The Hall–Kier alpha value is -7.44. The van der Waals surface area contributed by atoms with Gasteiger partial charge in [0.15, 0.2) is 0 Å². The van der Waals surface area contributed by atoms with Crippen molar-refractivity contribution < 1.29 is 47.8 Å². The third-order valence-electron chi connectivity index (χ3n) is 15.3. The van der Waals surface area contributed by atoms with Crippen LogP contribution >= 0.6 is 0 Å². The molecule has 8 amide bonds. The van der Waals surface area contributed by atoms with Gasteiger partial charge in [0, 0.05) is 87.5 Å². The van der Waals surface area contributed by atoms with Crippen molar-refractivity contribution in [3.63, 3.8) is 0 Å². The van der Waals surface area contributed by atoms with Gasteiger partial charge in [-0.1, -0.05) is 54.6 Å². The number of piperazine rings is 2. The number of ether oxygens (including phenoxy) is 2. The maximum atomic E-state index is 13.5. The molecular weight excluding hydrogens is 945 g/mol. The number of rotatable bonds is 18. The van der Waals surface area contributed by atoms with E-state index in [1.54, 1.807) is 24.3 Å². The van der Waals surface area contributed by atoms with E-state index in [-0.39, 0.29) is 81.0 Å². The molecule has 6 heterocycles. The van der Waals surface area contributed by atoms with Crippen LogP contribution in [0.2, 0.25) is 0 Å². The molecule has 10 rings (SSSR count). The molecule has 0 bridgehead atoms. The molecule has 2 atom stereocenters. The molecular formula is C56H62N8O10. The van der Waals surface area contributed by atoms with Crippen molar-refractivity contribution in [2.45, 2.75) is 103 Å². The molecule has 4 fully saturated rings. The Bertz CT molecular complexity index is 2890. The average Bonchev–Trinajstić information content (AvgIpc) is 3.91. The number of nitrogens with zero attached hydrogens (tertiary/aromatic N) is 6. The number of carbonyl (C=O) groups is 8. The van der Waals surface area contributed by atoms with Crippen LogP contribution < -0.4 is 20.1 Å². The second-order valence-corrected chi connectivity index (χ2v) is 20.1. The van der Waals surface area contributed by atoms with Gasteiger partial charge in [-0.3, -0.25) is 58.8 Å². The lowest BCUT2D eigenvalue weighted by Crippen LogP contribution is -2.52. The first-order chi connectivity index (χ1) is 35.9. The fraction of sp³-hybridized carbons (Fsp3) is 0.429. The zero-order valence-corrected chi connectivity index (χ0v) is 41.8. The summed E-state index contributed by atoms with van der Waals surface area (Å²) in [5.74, 6) is -0.673. The van der Waals surface area contributed by atoms with E-state index in [4.69, 9.17) is 9.47 Å². The minimum atomic E-state index is -0.721. The lowest BCUT2D eigenvalue weighted by molar-refractivity contribution is -0.138. The van der Waals surface area contributed by atoms with Gasteiger partial charge in [0.05, 0.1) is 26.2 Å². The van der Waals surface area contributed by atoms with E-state index in [9.17, 15) is 38.4 Å². The van der Waals surface area contributed by atoms with Crippen molar-refractivity contribution in [3.05, 3.63) is 129 Å². The minimum absolute atomic E-state index is 0.102. The highest BCUT2D eigenvalue weighted by Gasteiger charge is 2.42. The molecule has 2 unspecified atom stereocenters. The van der Waals surface area contributed by atoms with Gasteiger partial charge in [-0.15, -0.1) is 0 Å². The largest absolute Gasteiger partial charge is 0.489 e. The number of benzene rings is 4. The molecule has 18 heteroatoms. The monoisotopic (exact) mass is 1010 g/mol. The fourth-order valence-electron chi connectivity index (χ4n) is 11.1. The molecule has 0 spiro atoms.